The summed E-state index contributed by atoms with van der Waals surface area (Å²) in [5.74, 6) is -1.41. The maximum atomic E-state index is 11.6. The molecule has 0 heterocycles. The molecule has 0 bridgehead atoms. The number of hydrogen-bond donors (Lipinski definition) is 1. The van der Waals surface area contributed by atoms with Gasteiger partial charge in [0.05, 0.1) is 25.4 Å². The molecule has 3 unspecified atom stereocenters. The molecule has 0 aliphatic heterocycles. The molecule has 0 aromatic carbocycles. The third kappa shape index (κ3) is 44.2. The molecule has 0 spiro atoms. The van der Waals surface area contributed by atoms with Gasteiger partial charge in [0.25, 0.3) is 0 Å². The average molecular weight is 424 g/mol. The number of esters is 2. The van der Waals surface area contributed by atoms with Gasteiger partial charge in [0.2, 0.25) is 0 Å². The van der Waals surface area contributed by atoms with Gasteiger partial charge in [-0.05, 0) is 44.6 Å². The quantitative estimate of drug-likeness (QED) is 0.481. The van der Waals surface area contributed by atoms with Gasteiger partial charge in [0.15, 0.2) is 0 Å². The summed E-state index contributed by atoms with van der Waals surface area (Å²) in [7, 11) is 0.958. The van der Waals surface area contributed by atoms with E-state index in [1.54, 1.807) is 20.8 Å². The van der Waals surface area contributed by atoms with E-state index in [0.717, 1.165) is 20.0 Å². The zero-order chi connectivity index (χ0) is 23.3. The molecule has 0 saturated carbocycles. The minimum absolute atomic E-state index is 0.0764. The Labute approximate surface area is 165 Å². The summed E-state index contributed by atoms with van der Waals surface area (Å²) in [6, 6.07) is 0. The topological polar surface area (TPSA) is 82.1 Å². The first-order valence-corrected chi connectivity index (χ1v) is 8.96. The summed E-state index contributed by atoms with van der Waals surface area (Å²) in [6.45, 7) is 12.3. The van der Waals surface area contributed by atoms with Crippen molar-refractivity contribution in [2.45, 2.75) is 98.6 Å². The molecule has 172 valence electrons. The second-order valence-corrected chi connectivity index (χ2v) is 5.74. The molecule has 10 heteroatoms. The number of ether oxygens (including phenoxy) is 2. The van der Waals surface area contributed by atoms with Gasteiger partial charge in [-0.2, -0.15) is 18.1 Å². The maximum Gasteiger partial charge on any atom is 0.399 e. The van der Waals surface area contributed by atoms with Crippen LogP contribution in [-0.4, -0.2) is 48.6 Å². The average Bonchev–Trinajstić information content (AvgIpc) is 2.54. The number of carbonyl (C=O) groups excluding carboxylic acids is 2. The molecule has 0 fully saturated rings. The Kier molecular flexibility index (Phi) is 26.7. The summed E-state index contributed by atoms with van der Waals surface area (Å²) >= 11 is 0. The van der Waals surface area contributed by atoms with Gasteiger partial charge >= 0.3 is 18.1 Å². The van der Waals surface area contributed by atoms with Crippen LogP contribution in [0.5, 0.6) is 0 Å². The number of aliphatic hydroxyl groups is 1. The second-order valence-electron chi connectivity index (χ2n) is 5.74. The summed E-state index contributed by atoms with van der Waals surface area (Å²) < 4.78 is 53.6. The van der Waals surface area contributed by atoms with Crippen LogP contribution in [0.4, 0.5) is 17.7 Å². The summed E-state index contributed by atoms with van der Waals surface area (Å²) in [5.41, 5.74) is 0. The molecule has 0 aliphatic carbocycles. The number of rotatable bonds is 6. The van der Waals surface area contributed by atoms with E-state index in [9.17, 15) is 27.3 Å². The molecule has 3 atom stereocenters. The maximum absolute atomic E-state index is 11.6. The highest BCUT2D eigenvalue weighted by molar-refractivity contribution is 5.70. The number of halogens is 4. The minimum atomic E-state index is -4.47. The molecule has 0 aromatic heterocycles. The molecule has 0 radical (unpaired) electrons. The fourth-order valence-electron chi connectivity index (χ4n) is 0.880. The van der Waals surface area contributed by atoms with Gasteiger partial charge in [-0.25, -0.2) is 0 Å². The predicted octanol–water partition coefficient (Wildman–Crippen LogP) is 4.92. The predicted molar refractivity (Wildman–Crippen MR) is 98.1 cm³/mol. The zero-order valence-corrected chi connectivity index (χ0v) is 18.1. The first kappa shape index (κ1) is 34.1. The smallest absolute Gasteiger partial charge is 0.399 e. The lowest BCUT2D eigenvalue weighted by molar-refractivity contribution is -0.174. The Hall–Kier alpha value is -1.42. The largest absolute Gasteiger partial charge is 0.463 e. The van der Waals surface area contributed by atoms with E-state index in [2.05, 4.69) is 9.68 Å². The third-order valence-electron chi connectivity index (χ3n) is 2.79. The molecule has 0 aliphatic rings. The van der Waals surface area contributed by atoms with Crippen LogP contribution in [0, 0.1) is 0 Å². The van der Waals surface area contributed by atoms with E-state index in [-0.39, 0.29) is 18.2 Å². The standard InChI is InChI=1S/C7H11F3O2.C6H12O2.C4H10O.CH3FO/c1-3-5(2)12-6(11)4-7(8,9)10;1-4-5(2)8-6(3)7;1-3-4(2)5;1-3-2/h5H,3-4H2,1-2H3;5H,4H2,1-3H3;4-5H,3H2,1-2H3;1H3. The van der Waals surface area contributed by atoms with Gasteiger partial charge in [0, 0.05) is 6.92 Å². The Bertz CT molecular complexity index is 362. The lowest BCUT2D eigenvalue weighted by Crippen LogP contribution is -2.20. The van der Waals surface area contributed by atoms with Crippen molar-refractivity contribution in [1.82, 2.24) is 0 Å². The van der Waals surface area contributed by atoms with Crippen LogP contribution in [0.15, 0.2) is 0 Å². The molecule has 0 rings (SSSR count). The van der Waals surface area contributed by atoms with Crippen molar-refractivity contribution in [2.75, 3.05) is 7.11 Å². The van der Waals surface area contributed by atoms with Crippen molar-refractivity contribution < 1.29 is 46.8 Å². The van der Waals surface area contributed by atoms with E-state index >= 15 is 0 Å². The molecule has 1 N–H and O–H groups in total. The van der Waals surface area contributed by atoms with Gasteiger partial charge < -0.3 is 14.6 Å². The Balaban J connectivity index is -0.000000155. The van der Waals surface area contributed by atoms with Crippen LogP contribution in [0.25, 0.3) is 0 Å². The van der Waals surface area contributed by atoms with Crippen molar-refractivity contribution in [3.63, 3.8) is 0 Å². The summed E-state index contributed by atoms with van der Waals surface area (Å²) in [5, 5.41) is 8.36. The van der Waals surface area contributed by atoms with Gasteiger partial charge in [-0.3, -0.25) is 9.59 Å². The number of carbonyl (C=O) groups is 2. The van der Waals surface area contributed by atoms with Crippen LogP contribution in [0.2, 0.25) is 0 Å². The number of hydrogen-bond acceptors (Lipinski definition) is 6. The Morgan fingerprint density at radius 1 is 0.929 bits per heavy atom. The monoisotopic (exact) mass is 424 g/mol. The van der Waals surface area contributed by atoms with Crippen LogP contribution >= 0.6 is 0 Å². The zero-order valence-electron chi connectivity index (χ0n) is 18.1. The fourth-order valence-corrected chi connectivity index (χ4v) is 0.880. The van der Waals surface area contributed by atoms with Crippen molar-refractivity contribution in [3.8, 4) is 0 Å². The van der Waals surface area contributed by atoms with E-state index < -0.39 is 24.7 Å². The van der Waals surface area contributed by atoms with Crippen LogP contribution < -0.4 is 0 Å². The van der Waals surface area contributed by atoms with Crippen LogP contribution in [-0.2, 0) is 24.0 Å². The molecule has 0 saturated heterocycles. The van der Waals surface area contributed by atoms with Gasteiger partial charge in [-0.1, -0.05) is 20.8 Å². The van der Waals surface area contributed by atoms with E-state index in [1.807, 2.05) is 20.8 Å². The molecule has 0 aromatic rings. The third-order valence-corrected chi connectivity index (χ3v) is 2.79. The van der Waals surface area contributed by atoms with Crippen molar-refractivity contribution in [2.24, 2.45) is 0 Å². The summed E-state index contributed by atoms with van der Waals surface area (Å²) in [4.78, 5) is 23.4. The molecular weight excluding hydrogens is 388 g/mol. The Morgan fingerprint density at radius 3 is 1.43 bits per heavy atom. The fraction of sp³-hybridized carbons (Fsp3) is 0.889. The number of alkyl halides is 3. The molecule has 0 amide bonds. The van der Waals surface area contributed by atoms with Crippen LogP contribution in [0.3, 0.4) is 0 Å². The highest BCUT2D eigenvalue weighted by atomic mass is 19.4. The van der Waals surface area contributed by atoms with Gasteiger partial charge in [-0.15, -0.1) is 0 Å². The lowest BCUT2D eigenvalue weighted by Gasteiger charge is -2.11. The Morgan fingerprint density at radius 2 is 1.25 bits per heavy atom. The van der Waals surface area contributed by atoms with E-state index in [0.29, 0.717) is 6.42 Å². The van der Waals surface area contributed by atoms with E-state index in [1.165, 1.54) is 6.92 Å². The van der Waals surface area contributed by atoms with Crippen molar-refractivity contribution >= 4 is 11.9 Å². The second kappa shape index (κ2) is 21.9. The van der Waals surface area contributed by atoms with E-state index in [4.69, 9.17) is 9.84 Å². The summed E-state index contributed by atoms with van der Waals surface area (Å²) in [6.07, 6.45) is -4.19. The first-order valence-electron chi connectivity index (χ1n) is 8.96. The molecule has 6 nitrogen and oxygen atoms in total. The molecular formula is C18H36F4O6. The van der Waals surface area contributed by atoms with Crippen LogP contribution in [0.1, 0.15) is 74.1 Å². The molecule has 28 heavy (non-hydrogen) atoms. The minimum Gasteiger partial charge on any atom is -0.463 e. The normalized spacial score (nSPS) is 13.0. The SMILES string of the molecule is CCC(C)O.CCC(C)OC(=O)CC(F)(F)F.CCC(C)OC(C)=O.COF. The van der Waals surface area contributed by atoms with Crippen molar-refractivity contribution in [1.29, 1.82) is 0 Å². The lowest BCUT2D eigenvalue weighted by atomic mass is 10.3. The van der Waals surface area contributed by atoms with Gasteiger partial charge in [0.1, 0.15) is 6.42 Å². The number of aliphatic hydroxyl groups excluding tert-OH is 1. The van der Waals surface area contributed by atoms with Crippen molar-refractivity contribution in [3.05, 3.63) is 0 Å². The first-order chi connectivity index (χ1) is 12.7. The highest BCUT2D eigenvalue weighted by Gasteiger charge is 2.32. The highest BCUT2D eigenvalue weighted by Crippen LogP contribution is 2.20.